The molecule has 1 aliphatic rings. The number of carbonyl (C=O) groups is 3. The fraction of sp³-hybridized carbons (Fsp3) is 0.464. The molecule has 224 valence electrons. The van der Waals surface area contributed by atoms with Gasteiger partial charge in [0, 0.05) is 42.9 Å². The first-order chi connectivity index (χ1) is 19.3. The Morgan fingerprint density at radius 3 is 2.44 bits per heavy atom. The predicted octanol–water partition coefficient (Wildman–Crippen LogP) is 4.42. The predicted molar refractivity (Wildman–Crippen MR) is 144 cm³/mol. The second-order valence-corrected chi connectivity index (χ2v) is 10.2. The number of hydrogen-bond donors (Lipinski definition) is 3. The lowest BCUT2D eigenvalue weighted by Crippen LogP contribution is -2.48. The van der Waals surface area contributed by atoms with Gasteiger partial charge in [0.25, 0.3) is 0 Å². The number of halogens is 4. The summed E-state index contributed by atoms with van der Waals surface area (Å²) < 4.78 is 57.1. The highest BCUT2D eigenvalue weighted by Crippen LogP contribution is 2.30. The number of alkyl halides is 3. The zero-order valence-corrected chi connectivity index (χ0v) is 23.0. The van der Waals surface area contributed by atoms with Crippen molar-refractivity contribution in [3.8, 4) is 5.75 Å². The molecule has 0 saturated heterocycles. The first kappa shape index (κ1) is 31.7. The third-order valence-electron chi connectivity index (χ3n) is 6.73. The Kier molecular flexibility index (Phi) is 10.5. The normalized spacial score (nSPS) is 18.2. The molecule has 0 fully saturated rings. The van der Waals surface area contributed by atoms with E-state index in [2.05, 4.69) is 10.6 Å². The first-order valence-corrected chi connectivity index (χ1v) is 13.1. The molecule has 0 radical (unpaired) electrons. The Morgan fingerprint density at radius 1 is 1.15 bits per heavy atom. The van der Waals surface area contributed by atoms with E-state index in [4.69, 9.17) is 4.74 Å². The largest absolute Gasteiger partial charge is 0.488 e. The van der Waals surface area contributed by atoms with E-state index in [0.717, 1.165) is 0 Å². The van der Waals surface area contributed by atoms with Gasteiger partial charge in [0.15, 0.2) is 0 Å². The van der Waals surface area contributed by atoms with Gasteiger partial charge in [-0.3, -0.25) is 9.59 Å². The lowest BCUT2D eigenvalue weighted by atomic mass is 10.0. The van der Waals surface area contributed by atoms with E-state index >= 15 is 0 Å². The van der Waals surface area contributed by atoms with Crippen LogP contribution in [0.25, 0.3) is 0 Å². The lowest BCUT2D eigenvalue weighted by molar-refractivity contribution is -0.142. The van der Waals surface area contributed by atoms with Crippen molar-refractivity contribution >= 4 is 29.2 Å². The molecule has 4 amide bonds. The molecule has 3 rings (SSSR count). The Hall–Kier alpha value is -3.87. The number of amides is 4. The molecule has 0 aliphatic carbocycles. The number of urea groups is 1. The molecule has 0 saturated carbocycles. The Balaban J connectivity index is 1.84. The van der Waals surface area contributed by atoms with Gasteiger partial charge in [-0.2, -0.15) is 13.2 Å². The molecular weight excluding hydrogens is 548 g/mol. The van der Waals surface area contributed by atoms with Crippen molar-refractivity contribution in [2.75, 3.05) is 37.4 Å². The highest BCUT2D eigenvalue weighted by Gasteiger charge is 2.32. The molecule has 2 aromatic rings. The molecule has 0 bridgehead atoms. The van der Waals surface area contributed by atoms with Crippen molar-refractivity contribution in [1.82, 2.24) is 9.80 Å². The molecular formula is C28H34F4N4O5. The molecule has 2 aromatic carbocycles. The zero-order chi connectivity index (χ0) is 30.3. The number of nitrogens with zero attached hydrogens (tertiary/aromatic N) is 2. The summed E-state index contributed by atoms with van der Waals surface area (Å²) in [7, 11) is 1.56. The Labute approximate surface area is 235 Å². The lowest BCUT2D eigenvalue weighted by Gasteiger charge is -2.34. The van der Waals surface area contributed by atoms with Crippen molar-refractivity contribution < 1.29 is 41.8 Å². The number of likely N-dealkylation sites (N-methyl/N-ethyl adjacent to an activating group) is 1. The minimum atomic E-state index is -4.47. The summed E-state index contributed by atoms with van der Waals surface area (Å²) in [6, 6.07) is 8.76. The van der Waals surface area contributed by atoms with Gasteiger partial charge in [-0.15, -0.1) is 0 Å². The van der Waals surface area contributed by atoms with Crippen LogP contribution in [0.1, 0.15) is 32.3 Å². The summed E-state index contributed by atoms with van der Waals surface area (Å²) in [6.45, 7) is 3.57. The molecule has 9 nitrogen and oxygen atoms in total. The monoisotopic (exact) mass is 582 g/mol. The molecule has 1 heterocycles. The van der Waals surface area contributed by atoms with Crippen LogP contribution in [-0.4, -0.2) is 77.8 Å². The van der Waals surface area contributed by atoms with Crippen LogP contribution in [0.15, 0.2) is 42.5 Å². The number of aliphatic hydroxyl groups excluding tert-OH is 1. The van der Waals surface area contributed by atoms with E-state index in [0.29, 0.717) is 17.0 Å². The minimum Gasteiger partial charge on any atom is -0.488 e. The number of hydrogen-bond acceptors (Lipinski definition) is 5. The Morgan fingerprint density at radius 2 is 1.80 bits per heavy atom. The van der Waals surface area contributed by atoms with Crippen molar-refractivity contribution in [1.29, 1.82) is 0 Å². The minimum absolute atomic E-state index is 0.0963. The van der Waals surface area contributed by atoms with Gasteiger partial charge in [-0.05, 0) is 49.4 Å². The van der Waals surface area contributed by atoms with E-state index in [-0.39, 0.29) is 43.6 Å². The molecule has 13 heteroatoms. The van der Waals surface area contributed by atoms with Crippen LogP contribution in [0.2, 0.25) is 0 Å². The quantitative estimate of drug-likeness (QED) is 0.399. The summed E-state index contributed by atoms with van der Waals surface area (Å²) >= 11 is 0. The van der Waals surface area contributed by atoms with Gasteiger partial charge < -0.3 is 30.3 Å². The highest BCUT2D eigenvalue weighted by molar-refractivity contribution is 5.91. The van der Waals surface area contributed by atoms with Gasteiger partial charge >= 0.3 is 12.2 Å². The standard InChI is InChI=1S/C28H34F4N4O5/c1-17-14-36(18(2)16-37)26(39)13-19-12-22(33-25(38)10-11-28(30,31)32)8-9-23(19)41-24(17)15-35(3)27(40)34-21-6-4-20(29)5-7-21/h4-9,12,17-18,24,37H,10-11,13-16H2,1-3H3,(H,33,38)(H,34,40)/t17-,18+,24-/m0/s1. The van der Waals surface area contributed by atoms with Gasteiger partial charge in [-0.1, -0.05) is 6.92 Å². The average Bonchev–Trinajstić information content (AvgIpc) is 2.95. The highest BCUT2D eigenvalue weighted by atomic mass is 19.4. The summed E-state index contributed by atoms with van der Waals surface area (Å²) in [6.07, 6.45) is -7.25. The van der Waals surface area contributed by atoms with E-state index in [1.165, 1.54) is 52.3 Å². The van der Waals surface area contributed by atoms with Gasteiger partial charge in [0.2, 0.25) is 11.8 Å². The summed E-state index contributed by atoms with van der Waals surface area (Å²) in [5.74, 6) is -1.57. The Bertz CT molecular complexity index is 1220. The van der Waals surface area contributed by atoms with Crippen LogP contribution in [-0.2, 0) is 16.0 Å². The second kappa shape index (κ2) is 13.7. The summed E-state index contributed by atoms with van der Waals surface area (Å²) in [5, 5.41) is 14.9. The zero-order valence-electron chi connectivity index (χ0n) is 23.0. The molecule has 0 unspecified atom stereocenters. The fourth-order valence-electron chi connectivity index (χ4n) is 4.31. The third kappa shape index (κ3) is 9.34. The number of nitrogens with one attached hydrogen (secondary N) is 2. The maximum atomic E-state index is 13.3. The summed E-state index contributed by atoms with van der Waals surface area (Å²) in [5.41, 5.74) is 0.986. The van der Waals surface area contributed by atoms with E-state index in [9.17, 15) is 37.1 Å². The van der Waals surface area contributed by atoms with E-state index in [1.807, 2.05) is 6.92 Å². The van der Waals surface area contributed by atoms with Crippen molar-refractivity contribution in [2.24, 2.45) is 5.92 Å². The van der Waals surface area contributed by atoms with Crippen LogP contribution < -0.4 is 15.4 Å². The average molecular weight is 583 g/mol. The third-order valence-corrected chi connectivity index (χ3v) is 6.73. The molecule has 41 heavy (non-hydrogen) atoms. The van der Waals surface area contributed by atoms with E-state index < -0.39 is 48.9 Å². The van der Waals surface area contributed by atoms with Crippen LogP contribution in [0.3, 0.4) is 0 Å². The number of benzene rings is 2. The van der Waals surface area contributed by atoms with Gasteiger partial charge in [-0.25, -0.2) is 9.18 Å². The molecule has 3 N–H and O–H groups in total. The number of anilines is 2. The number of aliphatic hydroxyl groups is 1. The first-order valence-electron chi connectivity index (χ1n) is 13.1. The number of ether oxygens (including phenoxy) is 1. The van der Waals surface area contributed by atoms with Gasteiger partial charge in [0.1, 0.15) is 17.7 Å². The van der Waals surface area contributed by atoms with Gasteiger partial charge in [0.05, 0.1) is 32.0 Å². The SMILES string of the molecule is C[C@H](CO)N1C[C@H](C)[C@H](CN(C)C(=O)Nc2ccc(F)cc2)Oc2ccc(NC(=O)CCC(F)(F)F)cc2CC1=O. The van der Waals surface area contributed by atoms with Crippen LogP contribution in [0, 0.1) is 11.7 Å². The molecule has 0 spiro atoms. The molecule has 0 aromatic heterocycles. The number of rotatable bonds is 8. The fourth-order valence-corrected chi connectivity index (χ4v) is 4.31. The van der Waals surface area contributed by atoms with Crippen LogP contribution >= 0.6 is 0 Å². The van der Waals surface area contributed by atoms with E-state index in [1.54, 1.807) is 14.0 Å². The van der Waals surface area contributed by atoms with Crippen molar-refractivity contribution in [3.05, 3.63) is 53.8 Å². The maximum Gasteiger partial charge on any atom is 0.389 e. The number of fused-ring (bicyclic) bond motifs is 1. The maximum absolute atomic E-state index is 13.3. The topological polar surface area (TPSA) is 111 Å². The molecule has 1 aliphatic heterocycles. The molecule has 3 atom stereocenters. The second-order valence-electron chi connectivity index (χ2n) is 10.2. The van der Waals surface area contributed by atoms with Crippen LogP contribution in [0.5, 0.6) is 5.75 Å². The summed E-state index contributed by atoms with van der Waals surface area (Å²) in [4.78, 5) is 41.1. The number of carbonyl (C=O) groups excluding carboxylic acids is 3. The van der Waals surface area contributed by atoms with Crippen LogP contribution in [0.4, 0.5) is 33.7 Å². The van der Waals surface area contributed by atoms with Crippen molar-refractivity contribution in [2.45, 2.75) is 51.4 Å². The smallest absolute Gasteiger partial charge is 0.389 e. The van der Waals surface area contributed by atoms with Crippen molar-refractivity contribution in [3.63, 3.8) is 0 Å².